The van der Waals surface area contributed by atoms with E-state index in [4.69, 9.17) is 9.47 Å². The molecule has 2 heterocycles. The van der Waals surface area contributed by atoms with Crippen molar-refractivity contribution in [3.8, 4) is 5.75 Å². The third-order valence-corrected chi connectivity index (χ3v) is 5.79. The van der Waals surface area contributed by atoms with Crippen molar-refractivity contribution in [2.45, 2.75) is 25.0 Å². The van der Waals surface area contributed by atoms with Crippen LogP contribution in [-0.2, 0) is 28.9 Å². The number of imide groups is 1. The Kier molecular flexibility index (Phi) is 5.52. The SMILES string of the molecule is O=C1NC(=O)C(Cc2ccccc2)(Cc2ccc(OCCn3ncc4ccccc43)cc2)O1. The van der Waals surface area contributed by atoms with Crippen LogP contribution >= 0.6 is 0 Å². The molecular weight excluding hydrogens is 418 g/mol. The largest absolute Gasteiger partial charge is 0.492 e. The summed E-state index contributed by atoms with van der Waals surface area (Å²) >= 11 is 0. The highest BCUT2D eigenvalue weighted by molar-refractivity contribution is 6.03. The average Bonchev–Trinajstić information content (AvgIpc) is 3.35. The summed E-state index contributed by atoms with van der Waals surface area (Å²) in [7, 11) is 0. The van der Waals surface area contributed by atoms with Gasteiger partial charge < -0.3 is 9.47 Å². The first kappa shape index (κ1) is 20.8. The molecular formula is C26H23N3O4. The summed E-state index contributed by atoms with van der Waals surface area (Å²) in [6, 6.07) is 25.1. The lowest BCUT2D eigenvalue weighted by Gasteiger charge is -2.25. The van der Waals surface area contributed by atoms with E-state index in [0.29, 0.717) is 19.6 Å². The molecule has 0 radical (unpaired) electrons. The molecule has 1 unspecified atom stereocenters. The monoisotopic (exact) mass is 441 g/mol. The Morgan fingerprint density at radius 2 is 1.58 bits per heavy atom. The number of nitrogens with one attached hydrogen (secondary N) is 1. The molecule has 7 nitrogen and oxygen atoms in total. The Labute approximate surface area is 190 Å². The molecule has 33 heavy (non-hydrogen) atoms. The normalized spacial score (nSPS) is 17.7. The van der Waals surface area contributed by atoms with Gasteiger partial charge in [0, 0.05) is 18.2 Å². The fourth-order valence-corrected chi connectivity index (χ4v) is 4.16. The minimum Gasteiger partial charge on any atom is -0.492 e. The fraction of sp³-hybridized carbons (Fsp3) is 0.192. The van der Waals surface area contributed by atoms with Gasteiger partial charge in [-0.1, -0.05) is 60.7 Å². The van der Waals surface area contributed by atoms with Gasteiger partial charge in [-0.15, -0.1) is 0 Å². The first-order valence-electron chi connectivity index (χ1n) is 10.8. The van der Waals surface area contributed by atoms with Crippen LogP contribution in [0.4, 0.5) is 4.79 Å². The summed E-state index contributed by atoms with van der Waals surface area (Å²) in [6.07, 6.45) is 1.73. The quantitative estimate of drug-likeness (QED) is 0.448. The number of carbonyl (C=O) groups is 2. The van der Waals surface area contributed by atoms with Crippen LogP contribution in [0.25, 0.3) is 10.9 Å². The topological polar surface area (TPSA) is 82.5 Å². The zero-order chi connectivity index (χ0) is 22.7. The van der Waals surface area contributed by atoms with Gasteiger partial charge in [0.1, 0.15) is 12.4 Å². The number of para-hydroxylation sites is 1. The molecule has 0 bridgehead atoms. The summed E-state index contributed by atoms with van der Waals surface area (Å²) in [5.41, 5.74) is 1.61. The van der Waals surface area contributed by atoms with Gasteiger partial charge in [-0.25, -0.2) is 4.79 Å². The van der Waals surface area contributed by atoms with Gasteiger partial charge in [-0.05, 0) is 29.3 Å². The van der Waals surface area contributed by atoms with E-state index in [1.807, 2.05) is 89.7 Å². The molecule has 0 aliphatic carbocycles. The second-order valence-electron chi connectivity index (χ2n) is 8.10. The van der Waals surface area contributed by atoms with Crippen LogP contribution in [0.3, 0.4) is 0 Å². The number of alkyl carbamates (subject to hydrolysis) is 1. The molecule has 4 aromatic rings. The Morgan fingerprint density at radius 1 is 0.879 bits per heavy atom. The third-order valence-electron chi connectivity index (χ3n) is 5.79. The van der Waals surface area contributed by atoms with E-state index in [0.717, 1.165) is 27.8 Å². The molecule has 7 heteroatoms. The predicted molar refractivity (Wildman–Crippen MR) is 123 cm³/mol. The highest BCUT2D eigenvalue weighted by Crippen LogP contribution is 2.28. The molecule has 3 aromatic carbocycles. The van der Waals surface area contributed by atoms with Crippen LogP contribution in [-0.4, -0.2) is 34.0 Å². The summed E-state index contributed by atoms with van der Waals surface area (Å²) in [5.74, 6) is 0.309. The number of amides is 2. The highest BCUT2D eigenvalue weighted by atomic mass is 16.6. The highest BCUT2D eigenvalue weighted by Gasteiger charge is 2.48. The van der Waals surface area contributed by atoms with E-state index in [1.54, 1.807) is 0 Å². The van der Waals surface area contributed by atoms with Crippen molar-refractivity contribution < 1.29 is 19.1 Å². The average molecular weight is 441 g/mol. The Hall–Kier alpha value is -4.13. The second-order valence-corrected chi connectivity index (χ2v) is 8.10. The number of fused-ring (bicyclic) bond motifs is 1. The number of benzene rings is 3. The Balaban J connectivity index is 1.24. The molecule has 2 amide bonds. The van der Waals surface area contributed by atoms with E-state index in [2.05, 4.69) is 10.4 Å². The van der Waals surface area contributed by atoms with Crippen LogP contribution < -0.4 is 10.1 Å². The van der Waals surface area contributed by atoms with Gasteiger partial charge >= 0.3 is 6.09 Å². The zero-order valence-corrected chi connectivity index (χ0v) is 17.9. The molecule has 1 N–H and O–H groups in total. The van der Waals surface area contributed by atoms with Crippen LogP contribution in [0.2, 0.25) is 0 Å². The van der Waals surface area contributed by atoms with Gasteiger partial charge in [-0.2, -0.15) is 5.10 Å². The van der Waals surface area contributed by atoms with E-state index in [9.17, 15) is 9.59 Å². The Morgan fingerprint density at radius 3 is 2.30 bits per heavy atom. The number of nitrogens with zero attached hydrogens (tertiary/aromatic N) is 2. The first-order valence-corrected chi connectivity index (χ1v) is 10.8. The lowest BCUT2D eigenvalue weighted by Crippen LogP contribution is -2.43. The van der Waals surface area contributed by atoms with Crippen LogP contribution in [0.5, 0.6) is 5.75 Å². The summed E-state index contributed by atoms with van der Waals surface area (Å²) < 4.78 is 13.3. The molecule has 1 aliphatic rings. The molecule has 166 valence electrons. The number of ether oxygens (including phenoxy) is 2. The van der Waals surface area contributed by atoms with Crippen molar-refractivity contribution in [3.05, 3.63) is 96.2 Å². The molecule has 0 spiro atoms. The second kappa shape index (κ2) is 8.78. The lowest BCUT2D eigenvalue weighted by molar-refractivity contribution is -0.131. The first-order chi connectivity index (χ1) is 16.1. The molecule has 1 saturated heterocycles. The van der Waals surface area contributed by atoms with Crippen molar-refractivity contribution in [2.24, 2.45) is 0 Å². The van der Waals surface area contributed by atoms with Crippen molar-refractivity contribution in [1.29, 1.82) is 0 Å². The molecule has 1 aromatic heterocycles. The smallest absolute Gasteiger partial charge is 0.415 e. The molecule has 0 saturated carbocycles. The lowest BCUT2D eigenvalue weighted by atomic mass is 9.87. The predicted octanol–water partition coefficient (Wildman–Crippen LogP) is 3.91. The number of cyclic esters (lactones) is 1. The molecule has 1 fully saturated rings. The minimum atomic E-state index is -1.26. The standard InChI is InChI=1S/C26H23N3O4/c30-24-26(33-25(31)28-24,16-19-6-2-1-3-7-19)17-20-10-12-22(13-11-20)32-15-14-29-23-9-5-4-8-21(23)18-27-29/h1-13,18H,14-17H2,(H,28,30,31). The van der Waals surface area contributed by atoms with Crippen molar-refractivity contribution in [1.82, 2.24) is 15.1 Å². The van der Waals surface area contributed by atoms with E-state index in [1.165, 1.54) is 0 Å². The van der Waals surface area contributed by atoms with E-state index in [-0.39, 0.29) is 6.42 Å². The van der Waals surface area contributed by atoms with Crippen molar-refractivity contribution in [3.63, 3.8) is 0 Å². The summed E-state index contributed by atoms with van der Waals surface area (Å²) in [6.45, 7) is 1.11. The number of hydrogen-bond donors (Lipinski definition) is 1. The maximum atomic E-state index is 12.6. The van der Waals surface area contributed by atoms with E-state index < -0.39 is 17.6 Å². The summed E-state index contributed by atoms with van der Waals surface area (Å²) in [5, 5.41) is 7.79. The van der Waals surface area contributed by atoms with E-state index >= 15 is 0 Å². The number of carbonyl (C=O) groups excluding carboxylic acids is 2. The fourth-order valence-electron chi connectivity index (χ4n) is 4.16. The summed E-state index contributed by atoms with van der Waals surface area (Å²) in [4.78, 5) is 24.5. The van der Waals surface area contributed by atoms with Crippen molar-refractivity contribution >= 4 is 22.9 Å². The van der Waals surface area contributed by atoms with Crippen LogP contribution in [0, 0.1) is 0 Å². The number of rotatable bonds is 8. The van der Waals surface area contributed by atoms with Gasteiger partial charge in [0.25, 0.3) is 5.91 Å². The molecule has 1 atom stereocenters. The van der Waals surface area contributed by atoms with Crippen LogP contribution in [0.1, 0.15) is 11.1 Å². The van der Waals surface area contributed by atoms with Gasteiger partial charge in [-0.3, -0.25) is 14.8 Å². The zero-order valence-electron chi connectivity index (χ0n) is 17.9. The molecule has 1 aliphatic heterocycles. The maximum absolute atomic E-state index is 12.6. The van der Waals surface area contributed by atoms with Crippen LogP contribution in [0.15, 0.2) is 85.1 Å². The van der Waals surface area contributed by atoms with Crippen molar-refractivity contribution in [2.75, 3.05) is 6.61 Å². The third kappa shape index (κ3) is 4.43. The number of hydrogen-bond acceptors (Lipinski definition) is 5. The van der Waals surface area contributed by atoms with Gasteiger partial charge in [0.15, 0.2) is 0 Å². The minimum absolute atomic E-state index is 0.277. The van der Waals surface area contributed by atoms with Gasteiger partial charge in [0.05, 0.1) is 18.3 Å². The Bertz CT molecular complexity index is 1280. The number of aromatic nitrogens is 2. The molecule has 5 rings (SSSR count). The maximum Gasteiger partial charge on any atom is 0.415 e. The van der Waals surface area contributed by atoms with Gasteiger partial charge in [0.2, 0.25) is 5.60 Å².